The fraction of sp³-hybridized carbons (Fsp3) is 0.167. The Morgan fingerprint density at radius 1 is 1.35 bits per heavy atom. The van der Waals surface area contributed by atoms with E-state index >= 15 is 0 Å². The van der Waals surface area contributed by atoms with Gasteiger partial charge in [0.15, 0.2) is 0 Å². The molecule has 0 saturated heterocycles. The summed E-state index contributed by atoms with van der Waals surface area (Å²) >= 11 is 1.82. The van der Waals surface area contributed by atoms with E-state index < -0.39 is 11.7 Å². The fourth-order valence-electron chi connectivity index (χ4n) is 1.55. The van der Waals surface area contributed by atoms with Crippen molar-refractivity contribution < 1.29 is 13.2 Å². The Hall–Kier alpha value is -1.58. The lowest BCUT2D eigenvalue weighted by Gasteiger charge is -2.10. The first-order valence-electron chi connectivity index (χ1n) is 5.51. The maximum absolute atomic E-state index is 12.6. The molecule has 2 aromatic rings. The molecular formula is C12H9F3IN3O. The lowest BCUT2D eigenvalue weighted by Crippen LogP contribution is -2.15. The number of rotatable bonds is 3. The van der Waals surface area contributed by atoms with E-state index in [-0.39, 0.29) is 12.1 Å². The molecule has 0 saturated carbocycles. The zero-order chi connectivity index (χ0) is 14.8. The van der Waals surface area contributed by atoms with Crippen molar-refractivity contribution in [3.05, 3.63) is 55.6 Å². The number of aromatic nitrogens is 2. The van der Waals surface area contributed by atoms with Gasteiger partial charge >= 0.3 is 6.18 Å². The zero-order valence-electron chi connectivity index (χ0n) is 9.96. The molecular weight excluding hydrogens is 386 g/mol. The van der Waals surface area contributed by atoms with Crippen molar-refractivity contribution in [1.29, 1.82) is 0 Å². The van der Waals surface area contributed by atoms with Gasteiger partial charge in [0.25, 0.3) is 5.56 Å². The van der Waals surface area contributed by atoms with E-state index in [4.69, 9.17) is 0 Å². The third-order valence-electron chi connectivity index (χ3n) is 2.51. The number of nitrogens with one attached hydrogen (secondary N) is 2. The number of nitrogens with zero attached hydrogens (tertiary/aromatic N) is 1. The molecule has 0 fully saturated rings. The summed E-state index contributed by atoms with van der Waals surface area (Å²) in [5.74, 6) is 0.340. The maximum atomic E-state index is 12.6. The van der Waals surface area contributed by atoms with E-state index in [0.29, 0.717) is 15.0 Å². The quantitative estimate of drug-likeness (QED) is 0.786. The lowest BCUT2D eigenvalue weighted by atomic mass is 10.1. The van der Waals surface area contributed by atoms with E-state index in [1.54, 1.807) is 6.07 Å². The molecule has 0 amide bonds. The number of halogens is 4. The van der Waals surface area contributed by atoms with Crippen molar-refractivity contribution in [2.45, 2.75) is 12.7 Å². The smallest absolute Gasteiger partial charge is 0.365 e. The van der Waals surface area contributed by atoms with Crippen molar-refractivity contribution in [2.75, 3.05) is 5.32 Å². The Labute approximate surface area is 125 Å². The number of H-pyrrole nitrogens is 1. The molecule has 4 nitrogen and oxygen atoms in total. The van der Waals surface area contributed by atoms with Crippen LogP contribution in [0.15, 0.2) is 35.4 Å². The topological polar surface area (TPSA) is 57.8 Å². The van der Waals surface area contributed by atoms with Crippen molar-refractivity contribution in [2.24, 2.45) is 0 Å². The van der Waals surface area contributed by atoms with Crippen LogP contribution in [-0.4, -0.2) is 9.97 Å². The predicted octanol–water partition coefficient (Wildman–Crippen LogP) is 3.01. The van der Waals surface area contributed by atoms with Crippen LogP contribution in [0.5, 0.6) is 0 Å². The Balaban J connectivity index is 2.15. The molecule has 0 aliphatic carbocycles. The second-order valence-electron chi connectivity index (χ2n) is 3.95. The molecule has 20 heavy (non-hydrogen) atoms. The summed E-state index contributed by atoms with van der Waals surface area (Å²) < 4.78 is 38.1. The van der Waals surface area contributed by atoms with Crippen LogP contribution in [-0.2, 0) is 12.7 Å². The number of hydrogen-bond acceptors (Lipinski definition) is 3. The Bertz CT molecular complexity index is 669. The second-order valence-corrected chi connectivity index (χ2v) is 5.02. The molecule has 0 aliphatic rings. The molecule has 0 atom stereocenters. The van der Waals surface area contributed by atoms with Crippen LogP contribution in [0.4, 0.5) is 19.0 Å². The minimum atomic E-state index is -4.37. The van der Waals surface area contributed by atoms with Crippen molar-refractivity contribution in [1.82, 2.24) is 9.97 Å². The van der Waals surface area contributed by atoms with E-state index in [1.165, 1.54) is 12.4 Å². The summed E-state index contributed by atoms with van der Waals surface area (Å²) in [6, 6.07) is 4.99. The largest absolute Gasteiger partial charge is 0.416 e. The first kappa shape index (κ1) is 14.8. The summed E-state index contributed by atoms with van der Waals surface area (Å²) in [4.78, 5) is 17.7. The molecule has 106 valence electrons. The molecule has 0 bridgehead atoms. The van der Waals surface area contributed by atoms with E-state index in [0.717, 1.165) is 12.1 Å². The molecule has 1 aromatic carbocycles. The maximum Gasteiger partial charge on any atom is 0.416 e. The third kappa shape index (κ3) is 3.50. The number of aromatic amines is 1. The van der Waals surface area contributed by atoms with Crippen LogP contribution in [0.3, 0.4) is 0 Å². The van der Waals surface area contributed by atoms with Gasteiger partial charge in [-0.1, -0.05) is 12.1 Å². The highest BCUT2D eigenvalue weighted by Crippen LogP contribution is 2.29. The van der Waals surface area contributed by atoms with Gasteiger partial charge in [-0.05, 0) is 40.3 Å². The Morgan fingerprint density at radius 2 is 2.10 bits per heavy atom. The molecule has 1 aromatic heterocycles. The van der Waals surface area contributed by atoms with Gasteiger partial charge in [-0.15, -0.1) is 0 Å². The first-order valence-corrected chi connectivity index (χ1v) is 6.59. The van der Waals surface area contributed by atoms with Crippen LogP contribution in [0.1, 0.15) is 11.1 Å². The van der Waals surface area contributed by atoms with Gasteiger partial charge in [-0.2, -0.15) is 13.2 Å². The standard InChI is InChI=1S/C12H9F3IN3O/c13-12(14,15)8-3-1-2-7(4-8)5-17-10-9(16)11(20)19-6-18-10/h1-4,6H,5H2,(H2,17,18,19,20). The second kappa shape index (κ2) is 5.81. The number of anilines is 1. The van der Waals surface area contributed by atoms with Gasteiger partial charge in [0.2, 0.25) is 0 Å². The highest BCUT2D eigenvalue weighted by molar-refractivity contribution is 14.1. The summed E-state index contributed by atoms with van der Waals surface area (Å²) in [6.07, 6.45) is -3.13. The lowest BCUT2D eigenvalue weighted by molar-refractivity contribution is -0.137. The molecule has 0 unspecified atom stereocenters. The highest BCUT2D eigenvalue weighted by Gasteiger charge is 2.30. The van der Waals surface area contributed by atoms with Crippen LogP contribution >= 0.6 is 22.6 Å². The summed E-state index contributed by atoms with van der Waals surface area (Å²) in [5, 5.41) is 2.84. The molecule has 2 N–H and O–H groups in total. The molecule has 0 radical (unpaired) electrons. The van der Waals surface area contributed by atoms with Gasteiger partial charge in [-0.3, -0.25) is 4.79 Å². The molecule has 8 heteroatoms. The first-order chi connectivity index (χ1) is 9.38. The number of hydrogen-bond donors (Lipinski definition) is 2. The number of alkyl halides is 3. The van der Waals surface area contributed by atoms with Crippen molar-refractivity contribution in [3.8, 4) is 0 Å². The average Bonchev–Trinajstić information content (AvgIpc) is 2.40. The van der Waals surface area contributed by atoms with Gasteiger partial charge in [-0.25, -0.2) is 4.98 Å². The van der Waals surface area contributed by atoms with E-state index in [1.807, 2.05) is 22.6 Å². The van der Waals surface area contributed by atoms with Gasteiger partial charge < -0.3 is 10.3 Å². The summed E-state index contributed by atoms with van der Waals surface area (Å²) in [6.45, 7) is 0.149. The molecule has 2 rings (SSSR count). The monoisotopic (exact) mass is 395 g/mol. The van der Waals surface area contributed by atoms with Gasteiger partial charge in [0, 0.05) is 6.54 Å². The normalized spacial score (nSPS) is 11.4. The fourth-order valence-corrected chi connectivity index (χ4v) is 2.04. The van der Waals surface area contributed by atoms with Crippen LogP contribution in [0, 0.1) is 3.57 Å². The van der Waals surface area contributed by atoms with Crippen molar-refractivity contribution in [3.63, 3.8) is 0 Å². The summed E-state index contributed by atoms with van der Waals surface area (Å²) in [7, 11) is 0. The van der Waals surface area contributed by atoms with Crippen LogP contribution < -0.4 is 10.9 Å². The number of benzene rings is 1. The Morgan fingerprint density at radius 3 is 2.80 bits per heavy atom. The van der Waals surface area contributed by atoms with Crippen LogP contribution in [0.25, 0.3) is 0 Å². The SMILES string of the molecule is O=c1[nH]cnc(NCc2cccc(C(F)(F)F)c2)c1I. The van der Waals surface area contributed by atoms with Gasteiger partial charge in [0.1, 0.15) is 9.39 Å². The third-order valence-corrected chi connectivity index (χ3v) is 3.51. The Kier molecular flexibility index (Phi) is 4.31. The zero-order valence-corrected chi connectivity index (χ0v) is 12.1. The van der Waals surface area contributed by atoms with Gasteiger partial charge in [0.05, 0.1) is 11.9 Å². The van der Waals surface area contributed by atoms with E-state index in [9.17, 15) is 18.0 Å². The molecule has 1 heterocycles. The summed E-state index contributed by atoms with van der Waals surface area (Å²) in [5.41, 5.74) is -0.546. The predicted molar refractivity (Wildman–Crippen MR) is 76.3 cm³/mol. The van der Waals surface area contributed by atoms with Crippen molar-refractivity contribution >= 4 is 28.4 Å². The molecule has 0 aliphatic heterocycles. The van der Waals surface area contributed by atoms with E-state index in [2.05, 4.69) is 15.3 Å². The highest BCUT2D eigenvalue weighted by atomic mass is 127. The average molecular weight is 395 g/mol. The minimum absolute atomic E-state index is 0.149. The van der Waals surface area contributed by atoms with Crippen LogP contribution in [0.2, 0.25) is 0 Å². The molecule has 0 spiro atoms. The minimum Gasteiger partial charge on any atom is -0.365 e.